The van der Waals surface area contributed by atoms with E-state index in [0.29, 0.717) is 17.7 Å². The molecular formula is C25H20F2N4O. The van der Waals surface area contributed by atoms with Crippen molar-refractivity contribution < 1.29 is 13.6 Å². The summed E-state index contributed by atoms with van der Waals surface area (Å²) in [6, 6.07) is 17.7. The van der Waals surface area contributed by atoms with E-state index in [1.54, 1.807) is 30.6 Å². The molecule has 0 saturated heterocycles. The van der Waals surface area contributed by atoms with Crippen LogP contribution < -0.4 is 5.32 Å². The van der Waals surface area contributed by atoms with Gasteiger partial charge in [-0.05, 0) is 46.5 Å². The lowest BCUT2D eigenvalue weighted by Gasteiger charge is -2.11. The van der Waals surface area contributed by atoms with Crippen LogP contribution in [0, 0.1) is 0 Å². The van der Waals surface area contributed by atoms with Crippen LogP contribution in [0.1, 0.15) is 28.5 Å². The van der Waals surface area contributed by atoms with E-state index >= 15 is 0 Å². The predicted molar refractivity (Wildman–Crippen MR) is 118 cm³/mol. The molecule has 4 aromatic rings. The Balaban J connectivity index is 1.39. The Morgan fingerprint density at radius 3 is 2.16 bits per heavy atom. The van der Waals surface area contributed by atoms with Gasteiger partial charge in [-0.15, -0.1) is 0 Å². The summed E-state index contributed by atoms with van der Waals surface area (Å²) in [5.41, 5.74) is 4.45. The second kappa shape index (κ2) is 9.01. The summed E-state index contributed by atoms with van der Waals surface area (Å²) in [6.45, 7) is 1.18. The van der Waals surface area contributed by atoms with Gasteiger partial charge in [0.05, 0.1) is 0 Å². The minimum absolute atomic E-state index is 0.186. The van der Waals surface area contributed by atoms with Crippen LogP contribution in [0.4, 0.5) is 8.78 Å². The number of carbonyl (C=O) groups excluding carboxylic acids is 1. The van der Waals surface area contributed by atoms with Gasteiger partial charge in [-0.1, -0.05) is 36.4 Å². The van der Waals surface area contributed by atoms with Gasteiger partial charge in [0, 0.05) is 43.2 Å². The van der Waals surface area contributed by atoms with E-state index in [9.17, 15) is 13.6 Å². The molecule has 0 saturated carbocycles. The van der Waals surface area contributed by atoms with Crippen LogP contribution in [0.5, 0.6) is 0 Å². The average molecular weight is 430 g/mol. The maximum Gasteiger partial charge on any atom is 0.286 e. The smallest absolute Gasteiger partial charge is 0.286 e. The number of pyridine rings is 1. The summed E-state index contributed by atoms with van der Waals surface area (Å²) in [5, 5.41) is 2.89. The van der Waals surface area contributed by atoms with Gasteiger partial charge in [0.15, 0.2) is 0 Å². The van der Waals surface area contributed by atoms with Crippen molar-refractivity contribution in [2.45, 2.75) is 19.4 Å². The standard InChI is InChI=1S/C25H20F2N4O/c1-25(26,27)23-12-21(10-11-30-23)18-4-2-17(3-5-18)13-31-24(32)20-8-6-19(7-9-20)22-14-28-16-29-15-22/h2-12,14-16H,13H2,1H3,(H,31,32). The van der Waals surface area contributed by atoms with E-state index in [2.05, 4.69) is 20.3 Å². The molecule has 5 nitrogen and oxygen atoms in total. The molecule has 1 N–H and O–H groups in total. The molecule has 0 radical (unpaired) electrons. The second-order valence-corrected chi connectivity index (χ2v) is 7.40. The highest BCUT2D eigenvalue weighted by Gasteiger charge is 2.26. The topological polar surface area (TPSA) is 67.8 Å². The van der Waals surface area contributed by atoms with Crippen molar-refractivity contribution in [1.29, 1.82) is 0 Å². The van der Waals surface area contributed by atoms with Gasteiger partial charge < -0.3 is 5.32 Å². The fourth-order valence-electron chi connectivity index (χ4n) is 3.21. The fourth-order valence-corrected chi connectivity index (χ4v) is 3.21. The number of nitrogens with zero attached hydrogens (tertiary/aromatic N) is 3. The summed E-state index contributed by atoms with van der Waals surface area (Å²) >= 11 is 0. The van der Waals surface area contributed by atoms with E-state index in [0.717, 1.165) is 29.2 Å². The van der Waals surface area contributed by atoms with Gasteiger partial charge in [-0.3, -0.25) is 9.78 Å². The van der Waals surface area contributed by atoms with Crippen LogP contribution in [0.25, 0.3) is 22.3 Å². The Bertz CT molecular complexity index is 1210. The van der Waals surface area contributed by atoms with Gasteiger partial charge in [0.1, 0.15) is 12.0 Å². The van der Waals surface area contributed by atoms with Gasteiger partial charge in [0.2, 0.25) is 0 Å². The lowest BCUT2D eigenvalue weighted by molar-refractivity contribution is 0.0128. The number of rotatable bonds is 6. The van der Waals surface area contributed by atoms with Crippen molar-refractivity contribution in [3.8, 4) is 22.3 Å². The van der Waals surface area contributed by atoms with E-state index in [1.807, 2.05) is 36.4 Å². The molecule has 32 heavy (non-hydrogen) atoms. The zero-order chi connectivity index (χ0) is 22.6. The minimum Gasteiger partial charge on any atom is -0.348 e. The van der Waals surface area contributed by atoms with Crippen molar-refractivity contribution in [2.75, 3.05) is 0 Å². The third-order valence-electron chi connectivity index (χ3n) is 4.99. The van der Waals surface area contributed by atoms with E-state index < -0.39 is 5.92 Å². The molecule has 0 aliphatic heterocycles. The first kappa shape index (κ1) is 21.2. The Morgan fingerprint density at radius 1 is 0.875 bits per heavy atom. The summed E-state index contributed by atoms with van der Waals surface area (Å²) in [7, 11) is 0. The Morgan fingerprint density at radius 2 is 1.50 bits per heavy atom. The zero-order valence-corrected chi connectivity index (χ0v) is 17.3. The number of nitrogens with one attached hydrogen (secondary N) is 1. The van der Waals surface area contributed by atoms with Crippen molar-refractivity contribution in [1.82, 2.24) is 20.3 Å². The van der Waals surface area contributed by atoms with Crippen LogP contribution in [0.2, 0.25) is 0 Å². The van der Waals surface area contributed by atoms with Crippen LogP contribution in [-0.4, -0.2) is 20.9 Å². The molecule has 7 heteroatoms. The number of benzene rings is 2. The summed E-state index contributed by atoms with van der Waals surface area (Å²) in [4.78, 5) is 24.2. The normalized spacial score (nSPS) is 11.2. The van der Waals surface area contributed by atoms with Crippen LogP contribution >= 0.6 is 0 Å². The molecule has 0 bridgehead atoms. The van der Waals surface area contributed by atoms with Gasteiger partial charge in [-0.25, -0.2) is 9.97 Å². The Labute approximate surface area is 184 Å². The van der Waals surface area contributed by atoms with Crippen molar-refractivity contribution in [3.05, 3.63) is 102 Å². The highest BCUT2D eigenvalue weighted by molar-refractivity contribution is 5.94. The first-order valence-corrected chi connectivity index (χ1v) is 9.97. The third-order valence-corrected chi connectivity index (χ3v) is 4.99. The predicted octanol–water partition coefficient (Wildman–Crippen LogP) is 5.25. The number of alkyl halides is 2. The molecule has 0 fully saturated rings. The van der Waals surface area contributed by atoms with Gasteiger partial charge in [-0.2, -0.15) is 8.78 Å². The number of amides is 1. The molecule has 0 aliphatic rings. The molecule has 2 aromatic heterocycles. The highest BCUT2D eigenvalue weighted by Crippen LogP contribution is 2.28. The van der Waals surface area contributed by atoms with E-state index in [4.69, 9.17) is 0 Å². The number of halogens is 2. The molecule has 0 spiro atoms. The quantitative estimate of drug-likeness (QED) is 0.454. The first-order chi connectivity index (χ1) is 15.4. The molecule has 1 amide bonds. The monoisotopic (exact) mass is 430 g/mol. The molecule has 160 valence electrons. The second-order valence-electron chi connectivity index (χ2n) is 7.40. The maximum absolute atomic E-state index is 13.5. The van der Waals surface area contributed by atoms with Crippen LogP contribution in [0.15, 0.2) is 85.6 Å². The number of hydrogen-bond donors (Lipinski definition) is 1. The molecule has 0 aliphatic carbocycles. The summed E-state index contributed by atoms with van der Waals surface area (Å²) in [5.74, 6) is -3.18. The lowest BCUT2D eigenvalue weighted by Crippen LogP contribution is -2.22. The molecule has 2 aromatic carbocycles. The van der Waals surface area contributed by atoms with Crippen molar-refractivity contribution >= 4 is 5.91 Å². The van der Waals surface area contributed by atoms with Crippen molar-refractivity contribution in [2.24, 2.45) is 0 Å². The molecule has 4 rings (SSSR count). The zero-order valence-electron chi connectivity index (χ0n) is 17.3. The molecule has 0 atom stereocenters. The lowest BCUT2D eigenvalue weighted by atomic mass is 10.0. The van der Waals surface area contributed by atoms with Gasteiger partial charge >= 0.3 is 0 Å². The van der Waals surface area contributed by atoms with Crippen molar-refractivity contribution in [3.63, 3.8) is 0 Å². The summed E-state index contributed by atoms with van der Waals surface area (Å²) in [6.07, 6.45) is 6.28. The Kier molecular flexibility index (Phi) is 5.98. The number of aromatic nitrogens is 3. The minimum atomic E-state index is -2.99. The fraction of sp³-hybridized carbons (Fsp3) is 0.120. The first-order valence-electron chi connectivity index (χ1n) is 9.97. The third kappa shape index (κ3) is 5.00. The van der Waals surface area contributed by atoms with Crippen LogP contribution in [0.3, 0.4) is 0 Å². The number of carbonyl (C=O) groups is 1. The molecular weight excluding hydrogens is 410 g/mol. The van der Waals surface area contributed by atoms with E-state index in [-0.39, 0.29) is 11.6 Å². The molecule has 2 heterocycles. The SMILES string of the molecule is CC(F)(F)c1cc(-c2ccc(CNC(=O)c3ccc(-c4cncnc4)cc3)cc2)ccn1. The number of hydrogen-bond acceptors (Lipinski definition) is 4. The average Bonchev–Trinajstić information content (AvgIpc) is 2.83. The Hall–Kier alpha value is -4.00. The van der Waals surface area contributed by atoms with Gasteiger partial charge in [0.25, 0.3) is 11.8 Å². The highest BCUT2D eigenvalue weighted by atomic mass is 19.3. The largest absolute Gasteiger partial charge is 0.348 e. The van der Waals surface area contributed by atoms with E-state index in [1.165, 1.54) is 18.6 Å². The molecule has 0 unspecified atom stereocenters. The van der Waals surface area contributed by atoms with Crippen LogP contribution in [-0.2, 0) is 12.5 Å². The summed E-state index contributed by atoms with van der Waals surface area (Å²) < 4.78 is 27.1. The maximum atomic E-state index is 13.5.